The maximum absolute atomic E-state index is 11.9. The largest absolute Gasteiger partial charge is 0.373 e. The second kappa shape index (κ2) is 8.07. The fraction of sp³-hybridized carbons (Fsp3) is 0.533. The second-order valence-corrected chi connectivity index (χ2v) is 6.30. The lowest BCUT2D eigenvalue weighted by molar-refractivity contribution is -0.122. The summed E-state index contributed by atoms with van der Waals surface area (Å²) >= 11 is 1.52. The van der Waals surface area contributed by atoms with E-state index in [1.165, 1.54) is 11.3 Å². The quantitative estimate of drug-likeness (QED) is 0.821. The number of morpholine rings is 1. The monoisotopic (exact) mass is 335 g/mol. The van der Waals surface area contributed by atoms with Crippen LogP contribution in [0, 0.1) is 0 Å². The van der Waals surface area contributed by atoms with Crippen LogP contribution in [0.5, 0.6) is 0 Å². The molecule has 23 heavy (non-hydrogen) atoms. The number of amides is 1. The standard InChI is InChI=1S/C15H21N5O2S/c21-14(4-3-7-19-5-1-2-6-19)16-10-13-11-20(8-9-22-13)15-18-17-12-23-15/h1-2,5-6,12-13H,3-4,7-11H2,(H,16,21)/t13-/m0/s1. The number of anilines is 1. The zero-order valence-electron chi connectivity index (χ0n) is 12.9. The minimum atomic E-state index is 0.000971. The summed E-state index contributed by atoms with van der Waals surface area (Å²) in [5.41, 5.74) is 1.73. The average molecular weight is 335 g/mol. The summed E-state index contributed by atoms with van der Waals surface area (Å²) in [6, 6.07) is 3.98. The molecule has 1 amide bonds. The molecule has 0 radical (unpaired) electrons. The van der Waals surface area contributed by atoms with Gasteiger partial charge >= 0.3 is 0 Å². The van der Waals surface area contributed by atoms with Crippen molar-refractivity contribution in [2.75, 3.05) is 31.1 Å². The smallest absolute Gasteiger partial charge is 0.220 e. The molecule has 0 aromatic carbocycles. The van der Waals surface area contributed by atoms with Gasteiger partial charge in [-0.2, -0.15) is 0 Å². The Balaban J connectivity index is 1.35. The molecular formula is C15H21N5O2S. The van der Waals surface area contributed by atoms with Crippen molar-refractivity contribution in [2.24, 2.45) is 0 Å². The van der Waals surface area contributed by atoms with E-state index in [0.29, 0.717) is 19.6 Å². The van der Waals surface area contributed by atoms with E-state index < -0.39 is 0 Å². The fourth-order valence-corrected chi connectivity index (χ4v) is 3.18. The number of ether oxygens (including phenoxy) is 1. The fourth-order valence-electron chi connectivity index (χ4n) is 2.58. The van der Waals surface area contributed by atoms with E-state index in [2.05, 4.69) is 25.0 Å². The minimum Gasteiger partial charge on any atom is -0.373 e. The van der Waals surface area contributed by atoms with Crippen molar-refractivity contribution in [3.63, 3.8) is 0 Å². The molecule has 1 saturated heterocycles. The molecule has 2 aromatic heterocycles. The van der Waals surface area contributed by atoms with Gasteiger partial charge in [-0.15, -0.1) is 10.2 Å². The normalized spacial score (nSPS) is 18.1. The highest BCUT2D eigenvalue weighted by Crippen LogP contribution is 2.18. The lowest BCUT2D eigenvalue weighted by atomic mass is 10.2. The Hall–Kier alpha value is -1.93. The van der Waals surface area contributed by atoms with E-state index in [1.807, 2.05) is 24.5 Å². The molecule has 2 aromatic rings. The van der Waals surface area contributed by atoms with Crippen molar-refractivity contribution in [1.82, 2.24) is 20.1 Å². The van der Waals surface area contributed by atoms with E-state index in [0.717, 1.165) is 31.2 Å². The summed E-state index contributed by atoms with van der Waals surface area (Å²) in [7, 11) is 0. The van der Waals surface area contributed by atoms with Crippen molar-refractivity contribution in [2.45, 2.75) is 25.5 Å². The zero-order chi connectivity index (χ0) is 15.9. The third-order valence-corrected chi connectivity index (χ3v) is 4.52. The maximum Gasteiger partial charge on any atom is 0.220 e. The third kappa shape index (κ3) is 4.77. The van der Waals surface area contributed by atoms with Crippen LogP contribution >= 0.6 is 11.3 Å². The molecule has 8 heteroatoms. The van der Waals surface area contributed by atoms with Crippen LogP contribution in [0.4, 0.5) is 5.13 Å². The molecule has 1 aliphatic heterocycles. The summed E-state index contributed by atoms with van der Waals surface area (Å²) in [6.07, 6.45) is 5.39. The van der Waals surface area contributed by atoms with Crippen LogP contribution in [0.1, 0.15) is 12.8 Å². The van der Waals surface area contributed by atoms with Crippen molar-refractivity contribution >= 4 is 22.4 Å². The third-order valence-electron chi connectivity index (χ3n) is 3.77. The first-order valence-corrected chi connectivity index (χ1v) is 8.69. The van der Waals surface area contributed by atoms with Crippen LogP contribution in [0.3, 0.4) is 0 Å². The first-order chi connectivity index (χ1) is 11.3. The van der Waals surface area contributed by atoms with Crippen LogP contribution < -0.4 is 10.2 Å². The second-order valence-electron chi connectivity index (χ2n) is 5.49. The van der Waals surface area contributed by atoms with Crippen molar-refractivity contribution in [1.29, 1.82) is 0 Å². The number of hydrogen-bond donors (Lipinski definition) is 1. The Morgan fingerprint density at radius 2 is 2.30 bits per heavy atom. The molecule has 0 bridgehead atoms. The summed E-state index contributed by atoms with van der Waals surface area (Å²) in [4.78, 5) is 14.1. The number of aryl methyl sites for hydroxylation is 1. The summed E-state index contributed by atoms with van der Waals surface area (Å²) in [6.45, 7) is 3.60. The molecule has 1 N–H and O–H groups in total. The summed E-state index contributed by atoms with van der Waals surface area (Å²) in [5.74, 6) is 0.0776. The lowest BCUT2D eigenvalue weighted by Crippen LogP contribution is -2.47. The average Bonchev–Trinajstić information content (AvgIpc) is 3.27. The molecule has 1 fully saturated rings. The van der Waals surface area contributed by atoms with Crippen molar-refractivity contribution < 1.29 is 9.53 Å². The number of carbonyl (C=O) groups is 1. The van der Waals surface area contributed by atoms with Crippen LogP contribution in [-0.4, -0.2) is 53.0 Å². The van der Waals surface area contributed by atoms with Crippen molar-refractivity contribution in [3.8, 4) is 0 Å². The van der Waals surface area contributed by atoms with Gasteiger partial charge in [-0.25, -0.2) is 0 Å². The number of nitrogens with zero attached hydrogens (tertiary/aromatic N) is 4. The van der Waals surface area contributed by atoms with Gasteiger partial charge in [0.1, 0.15) is 5.51 Å². The van der Waals surface area contributed by atoms with E-state index in [9.17, 15) is 4.79 Å². The molecule has 1 aliphatic rings. The molecule has 3 rings (SSSR count). The summed E-state index contributed by atoms with van der Waals surface area (Å²) in [5, 5.41) is 11.8. The number of nitrogens with one attached hydrogen (secondary N) is 1. The molecule has 0 saturated carbocycles. The van der Waals surface area contributed by atoms with Gasteiger partial charge in [0.2, 0.25) is 11.0 Å². The highest BCUT2D eigenvalue weighted by molar-refractivity contribution is 7.13. The SMILES string of the molecule is O=C(CCCn1cccc1)NC[C@H]1CN(c2nncs2)CCO1. The van der Waals surface area contributed by atoms with Gasteiger partial charge < -0.3 is 19.5 Å². The van der Waals surface area contributed by atoms with Gasteiger partial charge in [0.25, 0.3) is 0 Å². The molecule has 3 heterocycles. The molecule has 7 nitrogen and oxygen atoms in total. The van der Waals surface area contributed by atoms with Gasteiger partial charge in [-0.1, -0.05) is 11.3 Å². The predicted octanol–water partition coefficient (Wildman–Crippen LogP) is 1.14. The molecular weight excluding hydrogens is 314 g/mol. The molecule has 0 aliphatic carbocycles. The molecule has 1 atom stereocenters. The van der Waals surface area contributed by atoms with Gasteiger partial charge in [-0.05, 0) is 18.6 Å². The topological polar surface area (TPSA) is 72.3 Å². The van der Waals surface area contributed by atoms with Gasteiger partial charge in [0, 0.05) is 45.0 Å². The number of hydrogen-bond acceptors (Lipinski definition) is 6. The zero-order valence-corrected chi connectivity index (χ0v) is 13.7. The van der Waals surface area contributed by atoms with Crippen LogP contribution in [-0.2, 0) is 16.1 Å². The number of carbonyl (C=O) groups excluding carboxylic acids is 1. The predicted molar refractivity (Wildman–Crippen MR) is 88.5 cm³/mol. The lowest BCUT2D eigenvalue weighted by Gasteiger charge is -2.32. The Bertz CT molecular complexity index is 587. The van der Waals surface area contributed by atoms with E-state index >= 15 is 0 Å². The van der Waals surface area contributed by atoms with Gasteiger partial charge in [0.15, 0.2) is 0 Å². The van der Waals surface area contributed by atoms with Gasteiger partial charge in [-0.3, -0.25) is 4.79 Å². The maximum atomic E-state index is 11.9. The van der Waals surface area contributed by atoms with Crippen LogP contribution in [0.25, 0.3) is 0 Å². The Labute approximate surface area is 139 Å². The highest BCUT2D eigenvalue weighted by Gasteiger charge is 2.22. The number of rotatable bonds is 7. The van der Waals surface area contributed by atoms with E-state index in [-0.39, 0.29) is 12.0 Å². The van der Waals surface area contributed by atoms with Crippen LogP contribution in [0.2, 0.25) is 0 Å². The first kappa shape index (κ1) is 15.9. The minimum absolute atomic E-state index is 0.000971. The van der Waals surface area contributed by atoms with Crippen LogP contribution in [0.15, 0.2) is 30.0 Å². The molecule has 0 unspecified atom stereocenters. The van der Waals surface area contributed by atoms with E-state index in [1.54, 1.807) is 5.51 Å². The van der Waals surface area contributed by atoms with Gasteiger partial charge in [0.05, 0.1) is 12.7 Å². The number of aromatic nitrogens is 3. The Morgan fingerprint density at radius 1 is 1.43 bits per heavy atom. The first-order valence-electron chi connectivity index (χ1n) is 7.81. The van der Waals surface area contributed by atoms with E-state index in [4.69, 9.17) is 4.74 Å². The highest BCUT2D eigenvalue weighted by atomic mass is 32.1. The molecule has 124 valence electrons. The molecule has 0 spiro atoms. The summed E-state index contributed by atoms with van der Waals surface area (Å²) < 4.78 is 7.80. The Kier molecular flexibility index (Phi) is 5.60. The van der Waals surface area contributed by atoms with Crippen molar-refractivity contribution in [3.05, 3.63) is 30.0 Å². The Morgan fingerprint density at radius 3 is 3.09 bits per heavy atom.